The smallest absolute Gasteiger partial charge is 0.283 e. The number of H-pyrrole nitrogens is 1. The Morgan fingerprint density at radius 1 is 1.48 bits per heavy atom. The number of nitro benzene ring substituents is 1. The van der Waals surface area contributed by atoms with Gasteiger partial charge in [0.1, 0.15) is 5.82 Å². The SMILES string of the molecule is C[C@@H](O)c1ccc(Sc2nc(N)cc(=O)[nH]2)c([N+](=O)[O-])c1. The van der Waals surface area contributed by atoms with Crippen LogP contribution >= 0.6 is 11.8 Å². The summed E-state index contributed by atoms with van der Waals surface area (Å²) in [7, 11) is 0. The van der Waals surface area contributed by atoms with Crippen LogP contribution in [0.2, 0.25) is 0 Å². The van der Waals surface area contributed by atoms with Gasteiger partial charge in [0.25, 0.3) is 11.2 Å². The van der Waals surface area contributed by atoms with E-state index in [1.807, 2.05) is 0 Å². The first kappa shape index (κ1) is 15.0. The molecule has 9 heteroatoms. The summed E-state index contributed by atoms with van der Waals surface area (Å²) in [4.78, 5) is 28.5. The van der Waals surface area contributed by atoms with Gasteiger partial charge < -0.3 is 15.8 Å². The molecule has 21 heavy (non-hydrogen) atoms. The molecule has 0 aliphatic rings. The van der Waals surface area contributed by atoms with Crippen LogP contribution in [0.5, 0.6) is 0 Å². The Kier molecular flexibility index (Phi) is 4.24. The molecule has 0 fully saturated rings. The summed E-state index contributed by atoms with van der Waals surface area (Å²) < 4.78 is 0. The third kappa shape index (κ3) is 3.58. The molecule has 0 bridgehead atoms. The van der Waals surface area contributed by atoms with Crippen LogP contribution in [0.4, 0.5) is 11.5 Å². The summed E-state index contributed by atoms with van der Waals surface area (Å²) in [5, 5.41) is 20.8. The Balaban J connectivity index is 2.43. The van der Waals surface area contributed by atoms with Gasteiger partial charge in [0.2, 0.25) is 0 Å². The molecule has 0 saturated carbocycles. The van der Waals surface area contributed by atoms with Crippen LogP contribution in [-0.4, -0.2) is 20.0 Å². The van der Waals surface area contributed by atoms with Crippen molar-refractivity contribution in [2.45, 2.75) is 23.1 Å². The Hall–Kier alpha value is -2.39. The minimum absolute atomic E-state index is 0.0319. The number of aromatic nitrogens is 2. The van der Waals surface area contributed by atoms with E-state index in [-0.39, 0.29) is 21.6 Å². The van der Waals surface area contributed by atoms with E-state index in [0.717, 1.165) is 17.8 Å². The van der Waals surface area contributed by atoms with E-state index >= 15 is 0 Å². The number of nitrogens with zero attached hydrogens (tertiary/aromatic N) is 2. The van der Waals surface area contributed by atoms with Crippen molar-refractivity contribution in [2.75, 3.05) is 5.73 Å². The number of nitrogens with two attached hydrogens (primary N) is 1. The molecule has 0 amide bonds. The van der Waals surface area contributed by atoms with E-state index in [9.17, 15) is 20.0 Å². The lowest BCUT2D eigenvalue weighted by Gasteiger charge is -2.07. The number of aliphatic hydroxyl groups excluding tert-OH is 1. The van der Waals surface area contributed by atoms with Crippen molar-refractivity contribution < 1.29 is 10.0 Å². The van der Waals surface area contributed by atoms with E-state index in [1.165, 1.54) is 19.1 Å². The minimum atomic E-state index is -0.812. The maximum atomic E-state index is 11.3. The monoisotopic (exact) mass is 308 g/mol. The first-order valence-electron chi connectivity index (χ1n) is 5.88. The van der Waals surface area contributed by atoms with Gasteiger partial charge in [0.15, 0.2) is 5.16 Å². The van der Waals surface area contributed by atoms with E-state index in [1.54, 1.807) is 6.07 Å². The van der Waals surface area contributed by atoms with Crippen molar-refractivity contribution in [1.82, 2.24) is 9.97 Å². The highest BCUT2D eigenvalue weighted by molar-refractivity contribution is 7.99. The highest BCUT2D eigenvalue weighted by Crippen LogP contribution is 2.34. The van der Waals surface area contributed by atoms with Crippen molar-refractivity contribution in [3.8, 4) is 0 Å². The average molecular weight is 308 g/mol. The van der Waals surface area contributed by atoms with E-state index in [2.05, 4.69) is 9.97 Å². The van der Waals surface area contributed by atoms with Crippen molar-refractivity contribution in [3.63, 3.8) is 0 Å². The lowest BCUT2D eigenvalue weighted by molar-refractivity contribution is -0.387. The van der Waals surface area contributed by atoms with Gasteiger partial charge in [-0.25, -0.2) is 4.98 Å². The van der Waals surface area contributed by atoms with E-state index in [4.69, 9.17) is 5.73 Å². The summed E-state index contributed by atoms with van der Waals surface area (Å²) in [6.45, 7) is 1.52. The minimum Gasteiger partial charge on any atom is -0.389 e. The number of anilines is 1. The molecular formula is C12H12N4O4S. The van der Waals surface area contributed by atoms with Crippen LogP contribution in [0.15, 0.2) is 39.1 Å². The summed E-state index contributed by atoms with van der Waals surface area (Å²) >= 11 is 0.921. The lowest BCUT2D eigenvalue weighted by Crippen LogP contribution is -2.09. The molecule has 2 rings (SSSR count). The first-order chi connectivity index (χ1) is 9.86. The number of aliphatic hydroxyl groups is 1. The number of nitrogen functional groups attached to an aromatic ring is 1. The van der Waals surface area contributed by atoms with Crippen LogP contribution < -0.4 is 11.3 Å². The summed E-state index contributed by atoms with van der Waals surface area (Å²) in [5.74, 6) is 0.0319. The van der Waals surface area contributed by atoms with Gasteiger partial charge in [-0.15, -0.1) is 0 Å². The highest BCUT2D eigenvalue weighted by atomic mass is 32.2. The summed E-state index contributed by atoms with van der Waals surface area (Å²) in [6, 6.07) is 5.48. The van der Waals surface area contributed by atoms with Crippen LogP contribution in [0.3, 0.4) is 0 Å². The van der Waals surface area contributed by atoms with Gasteiger partial charge in [0.05, 0.1) is 15.9 Å². The third-order valence-electron chi connectivity index (χ3n) is 2.61. The predicted octanol–water partition coefficient (Wildman–Crippen LogP) is 1.46. The van der Waals surface area contributed by atoms with Crippen molar-refractivity contribution in [1.29, 1.82) is 0 Å². The van der Waals surface area contributed by atoms with Gasteiger partial charge in [-0.05, 0) is 30.3 Å². The molecule has 110 valence electrons. The zero-order chi connectivity index (χ0) is 15.6. The highest BCUT2D eigenvalue weighted by Gasteiger charge is 2.18. The molecule has 2 aromatic rings. The molecule has 1 aromatic carbocycles. The average Bonchev–Trinajstić information content (AvgIpc) is 2.37. The molecule has 0 unspecified atom stereocenters. The van der Waals surface area contributed by atoms with Gasteiger partial charge in [0, 0.05) is 12.1 Å². The van der Waals surface area contributed by atoms with Gasteiger partial charge in [-0.1, -0.05) is 6.07 Å². The quantitative estimate of drug-likeness (QED) is 0.442. The number of nitrogens with one attached hydrogen (secondary N) is 1. The molecular weight excluding hydrogens is 296 g/mol. The predicted molar refractivity (Wildman–Crippen MR) is 77.1 cm³/mol. The van der Waals surface area contributed by atoms with Gasteiger partial charge in [-0.3, -0.25) is 14.9 Å². The zero-order valence-electron chi connectivity index (χ0n) is 10.9. The third-order valence-corrected chi connectivity index (χ3v) is 3.56. The fraction of sp³-hybridized carbons (Fsp3) is 0.167. The second-order valence-electron chi connectivity index (χ2n) is 4.24. The second-order valence-corrected chi connectivity index (χ2v) is 5.27. The van der Waals surface area contributed by atoms with Crippen molar-refractivity contribution in [3.05, 3.63) is 50.3 Å². The van der Waals surface area contributed by atoms with Crippen molar-refractivity contribution >= 4 is 23.3 Å². The summed E-state index contributed by atoms with van der Waals surface area (Å²) in [6.07, 6.45) is -0.812. The lowest BCUT2D eigenvalue weighted by atomic mass is 10.1. The molecule has 8 nitrogen and oxygen atoms in total. The van der Waals surface area contributed by atoms with E-state index in [0.29, 0.717) is 5.56 Å². The normalized spacial score (nSPS) is 12.1. The van der Waals surface area contributed by atoms with Crippen LogP contribution in [0, 0.1) is 10.1 Å². The maximum absolute atomic E-state index is 11.3. The van der Waals surface area contributed by atoms with Gasteiger partial charge >= 0.3 is 0 Å². The maximum Gasteiger partial charge on any atom is 0.283 e. The van der Waals surface area contributed by atoms with Crippen molar-refractivity contribution in [2.24, 2.45) is 0 Å². The molecule has 0 spiro atoms. The standard InChI is InChI=1S/C12H12N4O4S/c1-6(17)7-2-3-9(8(4-7)16(19)20)21-12-14-10(13)5-11(18)15-12/h2-6,17H,1H3,(H3,13,14,15,18)/t6-/m1/s1. The van der Waals surface area contributed by atoms with Crippen LogP contribution in [0.25, 0.3) is 0 Å². The fourth-order valence-corrected chi connectivity index (χ4v) is 2.51. The molecule has 1 atom stereocenters. The fourth-order valence-electron chi connectivity index (χ4n) is 1.63. The molecule has 0 aliphatic heterocycles. The van der Waals surface area contributed by atoms with Crippen LogP contribution in [0.1, 0.15) is 18.6 Å². The second kappa shape index (κ2) is 5.94. The largest absolute Gasteiger partial charge is 0.389 e. The summed E-state index contributed by atoms with van der Waals surface area (Å²) in [5.41, 5.74) is 5.28. The van der Waals surface area contributed by atoms with Gasteiger partial charge in [-0.2, -0.15) is 0 Å². The zero-order valence-corrected chi connectivity index (χ0v) is 11.8. The Morgan fingerprint density at radius 2 is 2.19 bits per heavy atom. The Morgan fingerprint density at radius 3 is 2.76 bits per heavy atom. The topological polar surface area (TPSA) is 135 Å². The molecule has 4 N–H and O–H groups in total. The number of rotatable bonds is 4. The van der Waals surface area contributed by atoms with E-state index < -0.39 is 16.6 Å². The number of nitro groups is 1. The molecule has 0 saturated heterocycles. The first-order valence-corrected chi connectivity index (χ1v) is 6.69. The number of hydrogen-bond donors (Lipinski definition) is 3. The van der Waals surface area contributed by atoms with Crippen LogP contribution in [-0.2, 0) is 0 Å². The molecule has 0 radical (unpaired) electrons. The number of aromatic amines is 1. The Bertz CT molecular complexity index is 744. The number of hydrogen-bond acceptors (Lipinski definition) is 7. The Labute approximate surface area is 123 Å². The molecule has 0 aliphatic carbocycles. The molecule has 1 aromatic heterocycles. The molecule has 1 heterocycles. The number of benzene rings is 1.